The Morgan fingerprint density at radius 2 is 1.92 bits per heavy atom. The lowest BCUT2D eigenvalue weighted by atomic mass is 10.0. The molecule has 6 nitrogen and oxygen atoms in total. The largest absolute Gasteiger partial charge is 0.493 e. The van der Waals surface area contributed by atoms with Crippen LogP contribution in [0.2, 0.25) is 0 Å². The predicted octanol–water partition coefficient (Wildman–Crippen LogP) is 6.19. The number of rotatable bonds is 8. The van der Waals surface area contributed by atoms with Crippen molar-refractivity contribution in [3.05, 3.63) is 89.4 Å². The molecule has 5 rings (SSSR count). The highest BCUT2D eigenvalue weighted by atomic mass is 19.4. The molecular formula is C29H28F3N3O3. The molecule has 0 saturated heterocycles. The third-order valence-corrected chi connectivity index (χ3v) is 6.80. The number of hydrogen-bond acceptors (Lipinski definition) is 5. The monoisotopic (exact) mass is 523 g/mol. The summed E-state index contributed by atoms with van der Waals surface area (Å²) in [5, 5.41) is 4.26. The Labute approximate surface area is 218 Å². The van der Waals surface area contributed by atoms with Crippen LogP contribution in [0.15, 0.2) is 66.9 Å². The lowest BCUT2D eigenvalue weighted by Crippen LogP contribution is -2.16. The number of carbonyl (C=O) groups is 1. The van der Waals surface area contributed by atoms with E-state index in [-0.39, 0.29) is 6.42 Å². The third-order valence-electron chi connectivity index (χ3n) is 6.80. The summed E-state index contributed by atoms with van der Waals surface area (Å²) in [6, 6.07) is 16.0. The summed E-state index contributed by atoms with van der Waals surface area (Å²) in [4.78, 5) is 16.9. The third kappa shape index (κ3) is 5.61. The summed E-state index contributed by atoms with van der Waals surface area (Å²) in [7, 11) is 1.29. The average Bonchev–Trinajstić information content (AvgIpc) is 3.34. The molecule has 0 radical (unpaired) electrons. The van der Waals surface area contributed by atoms with Gasteiger partial charge in [0.2, 0.25) is 0 Å². The topological polar surface area (TPSA) is 65.4 Å². The van der Waals surface area contributed by atoms with Crippen LogP contribution in [0.25, 0.3) is 10.9 Å². The molecule has 0 spiro atoms. The fourth-order valence-corrected chi connectivity index (χ4v) is 4.81. The summed E-state index contributed by atoms with van der Waals surface area (Å²) in [6.45, 7) is 1.46. The van der Waals surface area contributed by atoms with E-state index in [9.17, 15) is 18.0 Å². The number of hydrogen-bond donors (Lipinski definition) is 1. The first kappa shape index (κ1) is 25.6. The fraction of sp³-hybridized carbons (Fsp3) is 0.310. The first-order valence-electron chi connectivity index (χ1n) is 12.5. The number of aryl methyl sites for hydroxylation is 1. The van der Waals surface area contributed by atoms with E-state index in [1.165, 1.54) is 19.2 Å². The van der Waals surface area contributed by atoms with Gasteiger partial charge in [-0.25, -0.2) is 0 Å². The minimum Gasteiger partial charge on any atom is -0.493 e. The van der Waals surface area contributed by atoms with Gasteiger partial charge in [0, 0.05) is 35.8 Å². The molecular weight excluding hydrogens is 495 g/mol. The van der Waals surface area contributed by atoms with Gasteiger partial charge in [-0.1, -0.05) is 12.1 Å². The van der Waals surface area contributed by atoms with Crippen LogP contribution in [-0.2, 0) is 28.5 Å². The van der Waals surface area contributed by atoms with E-state index in [0.29, 0.717) is 24.3 Å². The number of ether oxygens (including phenoxy) is 2. The van der Waals surface area contributed by atoms with Gasteiger partial charge in [0.1, 0.15) is 5.75 Å². The highest BCUT2D eigenvalue weighted by molar-refractivity contribution is 5.82. The van der Waals surface area contributed by atoms with Crippen LogP contribution in [0, 0.1) is 0 Å². The van der Waals surface area contributed by atoms with Crippen molar-refractivity contribution in [2.24, 2.45) is 0 Å². The van der Waals surface area contributed by atoms with Crippen LogP contribution >= 0.6 is 0 Å². The molecule has 2 aromatic heterocycles. The molecule has 1 aliphatic heterocycles. The van der Waals surface area contributed by atoms with Crippen molar-refractivity contribution in [3.8, 4) is 5.75 Å². The van der Waals surface area contributed by atoms with Crippen molar-refractivity contribution in [2.45, 2.75) is 37.9 Å². The van der Waals surface area contributed by atoms with E-state index < -0.39 is 23.8 Å². The van der Waals surface area contributed by atoms with Crippen molar-refractivity contribution < 1.29 is 27.4 Å². The number of carbonyl (C=O) groups excluding carboxylic acids is 1. The van der Waals surface area contributed by atoms with Gasteiger partial charge >= 0.3 is 12.1 Å². The molecule has 0 aliphatic carbocycles. The quantitative estimate of drug-likeness (QED) is 0.279. The minimum absolute atomic E-state index is 0.0206. The number of nitrogens with zero attached hydrogens (tertiary/aromatic N) is 2. The summed E-state index contributed by atoms with van der Waals surface area (Å²) < 4.78 is 51.9. The second kappa shape index (κ2) is 10.8. The Kier molecular flexibility index (Phi) is 7.26. The van der Waals surface area contributed by atoms with Crippen molar-refractivity contribution in [1.29, 1.82) is 0 Å². The van der Waals surface area contributed by atoms with Gasteiger partial charge in [-0.15, -0.1) is 0 Å². The Hall–Kier alpha value is -4.01. The fourth-order valence-electron chi connectivity index (χ4n) is 4.81. The van der Waals surface area contributed by atoms with Crippen molar-refractivity contribution in [3.63, 3.8) is 0 Å². The summed E-state index contributed by atoms with van der Waals surface area (Å²) >= 11 is 0. The molecule has 1 aliphatic rings. The number of halogens is 3. The highest BCUT2D eigenvalue weighted by Crippen LogP contribution is 2.33. The number of alkyl halides is 3. The van der Waals surface area contributed by atoms with Gasteiger partial charge in [0.25, 0.3) is 0 Å². The Morgan fingerprint density at radius 3 is 2.68 bits per heavy atom. The van der Waals surface area contributed by atoms with E-state index in [2.05, 4.69) is 11.4 Å². The molecule has 0 bridgehead atoms. The van der Waals surface area contributed by atoms with Crippen LogP contribution in [0.3, 0.4) is 0 Å². The van der Waals surface area contributed by atoms with E-state index in [4.69, 9.17) is 14.5 Å². The first-order chi connectivity index (χ1) is 18.3. The molecule has 0 fully saturated rings. The zero-order chi connectivity index (χ0) is 26.7. The van der Waals surface area contributed by atoms with E-state index in [1.54, 1.807) is 0 Å². The summed E-state index contributed by atoms with van der Waals surface area (Å²) in [6.07, 6.45) is 0.118. The maximum absolute atomic E-state index is 13.1. The zero-order valence-corrected chi connectivity index (χ0v) is 20.9. The smallest absolute Gasteiger partial charge is 0.416 e. The number of benzene rings is 2. The maximum atomic E-state index is 13.1. The van der Waals surface area contributed by atoms with Crippen molar-refractivity contribution in [1.82, 2.24) is 9.55 Å². The number of nitrogens with one attached hydrogen (secondary N) is 1. The molecule has 9 heteroatoms. The van der Waals surface area contributed by atoms with Gasteiger partial charge in [-0.3, -0.25) is 9.78 Å². The lowest BCUT2D eigenvalue weighted by Gasteiger charge is -2.20. The van der Waals surface area contributed by atoms with Crippen LogP contribution < -0.4 is 10.1 Å². The number of anilines is 1. The molecule has 0 saturated carbocycles. The van der Waals surface area contributed by atoms with E-state index >= 15 is 0 Å². The van der Waals surface area contributed by atoms with Crippen molar-refractivity contribution >= 4 is 22.6 Å². The lowest BCUT2D eigenvalue weighted by molar-refractivity contribution is -0.141. The Morgan fingerprint density at radius 1 is 1.11 bits per heavy atom. The molecule has 0 amide bonds. The van der Waals surface area contributed by atoms with Gasteiger partial charge in [-0.2, -0.15) is 13.2 Å². The number of methoxy groups -OCH3 is 1. The predicted molar refractivity (Wildman–Crippen MR) is 138 cm³/mol. The molecule has 1 N–H and O–H groups in total. The average molecular weight is 524 g/mol. The van der Waals surface area contributed by atoms with Gasteiger partial charge in [0.15, 0.2) is 0 Å². The molecule has 38 heavy (non-hydrogen) atoms. The first-order valence-corrected chi connectivity index (χ1v) is 12.5. The number of pyridine rings is 1. The Bertz CT molecular complexity index is 1430. The number of esters is 1. The zero-order valence-electron chi connectivity index (χ0n) is 20.9. The van der Waals surface area contributed by atoms with Gasteiger partial charge in [-0.05, 0) is 66.9 Å². The number of fused-ring (bicyclic) bond motifs is 2. The molecule has 2 aromatic carbocycles. The second-order valence-corrected chi connectivity index (χ2v) is 9.29. The minimum atomic E-state index is -4.43. The highest BCUT2D eigenvalue weighted by Gasteiger charge is 2.30. The summed E-state index contributed by atoms with van der Waals surface area (Å²) in [5.41, 5.74) is 3.87. The maximum Gasteiger partial charge on any atom is 0.416 e. The SMILES string of the molecule is COC(=O)CC(c1ccc(C(F)(F)F)cc1)n1ccc2cc(OCCc3ccc4c(n3)CCCN4)ccc21. The van der Waals surface area contributed by atoms with Crippen LogP contribution in [0.5, 0.6) is 5.75 Å². The molecule has 198 valence electrons. The summed E-state index contributed by atoms with van der Waals surface area (Å²) in [5.74, 6) is 0.247. The van der Waals surface area contributed by atoms with Crippen LogP contribution in [0.4, 0.5) is 18.9 Å². The van der Waals surface area contributed by atoms with E-state index in [1.807, 2.05) is 41.1 Å². The molecule has 1 unspecified atom stereocenters. The Balaban J connectivity index is 1.32. The van der Waals surface area contributed by atoms with Crippen LogP contribution in [0.1, 0.15) is 41.4 Å². The van der Waals surface area contributed by atoms with Gasteiger partial charge in [0.05, 0.1) is 43.1 Å². The molecule has 4 aromatic rings. The second-order valence-electron chi connectivity index (χ2n) is 9.29. The van der Waals surface area contributed by atoms with Gasteiger partial charge < -0.3 is 19.4 Å². The van der Waals surface area contributed by atoms with Crippen LogP contribution in [-0.4, -0.2) is 35.8 Å². The van der Waals surface area contributed by atoms with Crippen molar-refractivity contribution in [2.75, 3.05) is 25.6 Å². The normalized spacial score (nSPS) is 14.0. The molecule has 1 atom stereocenters. The van der Waals surface area contributed by atoms with E-state index in [0.717, 1.165) is 59.5 Å². The molecule has 3 heterocycles. The standard InChI is InChI=1S/C29H28F3N3O3/c1-37-28(36)18-27(19-4-6-21(7-5-19)29(30,31)32)35-15-12-20-17-23(9-11-26(20)35)38-16-13-22-8-10-24-25(34-22)3-2-14-33-24/h4-12,15,17,27,33H,2-3,13-14,16,18H2,1H3. The number of aromatic nitrogens is 2.